The third kappa shape index (κ3) is 5.36. The number of carboxylic acid groups (broad SMARTS) is 1. The molecule has 4 heterocycles. The number of aromatic nitrogens is 6. The number of hydrogen-bond donors (Lipinski definition) is 6. The lowest BCUT2D eigenvalue weighted by atomic mass is 10.1. The minimum atomic E-state index is -1.56. The number of aliphatic carboxylic acids is 1. The van der Waals surface area contributed by atoms with Crippen molar-refractivity contribution >= 4 is 63.2 Å². The molecule has 3 aromatic heterocycles. The van der Waals surface area contributed by atoms with Gasteiger partial charge in [-0.05, 0) is 0 Å². The van der Waals surface area contributed by atoms with Gasteiger partial charge in [0.2, 0.25) is 16.9 Å². The number of aliphatic hydroxyl groups excluding tert-OH is 1. The van der Waals surface area contributed by atoms with E-state index in [1.54, 1.807) is 0 Å². The summed E-state index contributed by atoms with van der Waals surface area (Å²) < 4.78 is 11.0. The number of hydrogen-bond acceptors (Lipinski definition) is 14. The predicted octanol–water partition coefficient (Wildman–Crippen LogP) is -1.69. The molecule has 3 aromatic rings. The van der Waals surface area contributed by atoms with E-state index >= 15 is 0 Å². The number of nitrogens with one attached hydrogen (secondary N) is 2. The Morgan fingerprint density at radius 1 is 1.33 bits per heavy atom. The number of thioether (sulfide) groups is 1. The van der Waals surface area contributed by atoms with Crippen molar-refractivity contribution in [1.29, 1.82) is 0 Å². The number of imidazole rings is 1. The van der Waals surface area contributed by atoms with E-state index in [0.717, 1.165) is 11.5 Å². The van der Waals surface area contributed by atoms with E-state index in [4.69, 9.17) is 16.2 Å². The maximum absolute atomic E-state index is 12.7. The normalized spacial score (nSPS) is 22.4. The number of aliphatic hydroxyl groups is 1. The average molecular weight is 539 g/mol. The third-order valence-electron chi connectivity index (χ3n) is 5.10. The first-order chi connectivity index (χ1) is 17.2. The number of nitrogens with zero attached hydrogens (tertiary/aromatic N) is 6. The molecule has 8 N–H and O–H groups in total. The van der Waals surface area contributed by atoms with Gasteiger partial charge in [0.25, 0.3) is 0 Å². The molecule has 1 aliphatic rings. The fraction of sp³-hybridized carbons (Fsp3) is 0.444. The number of anilines is 2. The van der Waals surface area contributed by atoms with Crippen LogP contribution in [0.1, 0.15) is 19.0 Å². The lowest BCUT2D eigenvalue weighted by Gasteiger charge is -2.22. The van der Waals surface area contributed by atoms with E-state index in [9.17, 15) is 24.6 Å². The van der Waals surface area contributed by atoms with Gasteiger partial charge in [-0.2, -0.15) is 16.1 Å². The number of rotatable bonds is 9. The zero-order valence-electron chi connectivity index (χ0n) is 18.6. The number of carbonyl (C=O) groups excluding carboxylic acids is 2. The Bertz CT molecular complexity index is 1280. The summed E-state index contributed by atoms with van der Waals surface area (Å²) in [6.07, 6.45) is -1.75. The van der Waals surface area contributed by atoms with Crippen LogP contribution in [0, 0.1) is 0 Å². The minimum Gasteiger partial charge on any atom is -0.479 e. The number of carboxylic acids is 1. The quantitative estimate of drug-likeness (QED) is 0.178. The second kappa shape index (κ2) is 10.7. The SMILES string of the molecule is CC(=O)Nc1nc(CSC[C@@H](N)C(=O)N[C@H]2[C@@H](O)[C@H](n3cnc4c(N)ncnc43)O[C@@H]2C(=O)O)ns1. The van der Waals surface area contributed by atoms with Crippen molar-refractivity contribution in [3.63, 3.8) is 0 Å². The molecule has 1 fully saturated rings. The van der Waals surface area contributed by atoms with E-state index < -0.39 is 42.4 Å². The second-order valence-electron chi connectivity index (χ2n) is 7.71. The molecule has 4 rings (SSSR count). The van der Waals surface area contributed by atoms with Gasteiger partial charge < -0.3 is 37.1 Å². The number of amides is 2. The largest absolute Gasteiger partial charge is 0.479 e. The molecular formula is C18H22N10O6S2. The van der Waals surface area contributed by atoms with Gasteiger partial charge in [-0.25, -0.2) is 24.7 Å². The Morgan fingerprint density at radius 2 is 2.11 bits per heavy atom. The highest BCUT2D eigenvalue weighted by molar-refractivity contribution is 7.98. The van der Waals surface area contributed by atoms with Crippen molar-refractivity contribution < 1.29 is 29.3 Å². The fourth-order valence-electron chi connectivity index (χ4n) is 3.47. The zero-order chi connectivity index (χ0) is 26.0. The first-order valence-corrected chi connectivity index (χ1v) is 12.3. The van der Waals surface area contributed by atoms with Crippen LogP contribution in [0.3, 0.4) is 0 Å². The van der Waals surface area contributed by atoms with E-state index in [0.29, 0.717) is 16.7 Å². The summed E-state index contributed by atoms with van der Waals surface area (Å²) in [7, 11) is 0. The molecule has 2 amide bonds. The smallest absolute Gasteiger partial charge is 0.335 e. The molecule has 1 saturated heterocycles. The van der Waals surface area contributed by atoms with E-state index in [1.807, 2.05) is 0 Å². The van der Waals surface area contributed by atoms with E-state index in [2.05, 4.69) is 34.9 Å². The molecule has 0 saturated carbocycles. The predicted molar refractivity (Wildman–Crippen MR) is 128 cm³/mol. The van der Waals surface area contributed by atoms with Crippen LogP contribution in [-0.2, 0) is 24.9 Å². The molecule has 0 aliphatic carbocycles. The van der Waals surface area contributed by atoms with Gasteiger partial charge >= 0.3 is 5.97 Å². The molecule has 0 radical (unpaired) electrons. The maximum atomic E-state index is 12.7. The number of ether oxygens (including phenoxy) is 1. The molecule has 5 atom stereocenters. The van der Waals surface area contributed by atoms with Crippen LogP contribution in [0.5, 0.6) is 0 Å². The van der Waals surface area contributed by atoms with Crippen molar-refractivity contribution in [2.45, 2.75) is 43.2 Å². The number of nitrogen functional groups attached to an aromatic ring is 1. The highest BCUT2D eigenvalue weighted by atomic mass is 32.2. The van der Waals surface area contributed by atoms with Crippen LogP contribution in [0.15, 0.2) is 12.7 Å². The molecule has 36 heavy (non-hydrogen) atoms. The molecule has 16 nitrogen and oxygen atoms in total. The van der Waals surface area contributed by atoms with Gasteiger partial charge in [-0.1, -0.05) is 0 Å². The lowest BCUT2D eigenvalue weighted by Crippen LogP contribution is -2.54. The second-order valence-corrected chi connectivity index (χ2v) is 9.49. The molecule has 0 unspecified atom stereocenters. The minimum absolute atomic E-state index is 0.105. The van der Waals surface area contributed by atoms with Crippen LogP contribution in [-0.4, -0.2) is 86.9 Å². The number of carbonyl (C=O) groups is 3. The Labute approximate surface area is 211 Å². The number of fused-ring (bicyclic) bond motifs is 1. The van der Waals surface area contributed by atoms with E-state index in [-0.39, 0.29) is 28.6 Å². The molecule has 1 aliphatic heterocycles. The van der Waals surface area contributed by atoms with Crippen LogP contribution in [0.2, 0.25) is 0 Å². The highest BCUT2D eigenvalue weighted by Gasteiger charge is 2.49. The van der Waals surface area contributed by atoms with Crippen LogP contribution in [0.25, 0.3) is 11.2 Å². The number of nitrogens with two attached hydrogens (primary N) is 2. The molecule has 0 aromatic carbocycles. The van der Waals surface area contributed by atoms with Crippen molar-refractivity contribution in [3.8, 4) is 0 Å². The Morgan fingerprint density at radius 3 is 2.83 bits per heavy atom. The summed E-state index contributed by atoms with van der Waals surface area (Å²) in [6, 6.07) is -2.32. The summed E-state index contributed by atoms with van der Waals surface area (Å²) in [4.78, 5) is 51.7. The third-order valence-corrected chi connectivity index (χ3v) is 6.83. The Balaban J connectivity index is 1.38. The molecular weight excluding hydrogens is 516 g/mol. The summed E-state index contributed by atoms with van der Waals surface area (Å²) >= 11 is 2.31. The molecule has 0 bridgehead atoms. The lowest BCUT2D eigenvalue weighted by molar-refractivity contribution is -0.152. The van der Waals surface area contributed by atoms with Crippen LogP contribution < -0.4 is 22.1 Å². The Kier molecular flexibility index (Phi) is 7.59. The van der Waals surface area contributed by atoms with Gasteiger partial charge in [0.1, 0.15) is 17.9 Å². The summed E-state index contributed by atoms with van der Waals surface area (Å²) in [6.45, 7) is 1.36. The first kappa shape index (κ1) is 25.6. The maximum Gasteiger partial charge on any atom is 0.335 e. The summed E-state index contributed by atoms with van der Waals surface area (Å²) in [5.74, 6) is -1.25. The van der Waals surface area contributed by atoms with Gasteiger partial charge in [0.05, 0.1) is 24.2 Å². The van der Waals surface area contributed by atoms with E-state index in [1.165, 1.54) is 35.9 Å². The van der Waals surface area contributed by atoms with Gasteiger partial charge in [-0.15, -0.1) is 0 Å². The van der Waals surface area contributed by atoms with Crippen molar-refractivity contribution in [1.82, 2.24) is 34.2 Å². The van der Waals surface area contributed by atoms with Crippen molar-refractivity contribution in [2.75, 3.05) is 16.8 Å². The van der Waals surface area contributed by atoms with Gasteiger partial charge in [-0.3, -0.25) is 14.2 Å². The molecule has 18 heteroatoms. The van der Waals surface area contributed by atoms with Crippen molar-refractivity contribution in [2.24, 2.45) is 5.73 Å². The summed E-state index contributed by atoms with van der Waals surface area (Å²) in [5.41, 5.74) is 12.2. The molecule has 192 valence electrons. The zero-order valence-corrected chi connectivity index (χ0v) is 20.3. The topological polar surface area (TPSA) is 246 Å². The average Bonchev–Trinajstić information content (AvgIpc) is 3.52. The standard InChI is InChI=1S/C18H22N10O6S2/c1-6(29)24-18-25-8(27-36-18)3-35-2-7(19)15(31)26-9-11(30)16(34-12(9)17(32)33)28-5-23-10-13(20)21-4-22-14(10)28/h4-5,7,9,11-12,16,30H,2-3,19H2,1H3,(H,26,31)(H,32,33)(H2,20,21,22)(H,24,25,27,29)/t7-,9+,11-,12+,16-/m1/s1. The van der Waals surface area contributed by atoms with Gasteiger partial charge in [0.15, 0.2) is 29.6 Å². The monoisotopic (exact) mass is 538 g/mol. The summed E-state index contributed by atoms with van der Waals surface area (Å²) in [5, 5.41) is 25.9. The van der Waals surface area contributed by atoms with Crippen LogP contribution in [0.4, 0.5) is 10.9 Å². The fourth-order valence-corrected chi connectivity index (χ4v) is 5.02. The highest BCUT2D eigenvalue weighted by Crippen LogP contribution is 2.32. The Hall–Kier alpha value is -3.45. The first-order valence-electron chi connectivity index (χ1n) is 10.4. The van der Waals surface area contributed by atoms with Crippen LogP contribution >= 0.6 is 23.3 Å². The van der Waals surface area contributed by atoms with Crippen molar-refractivity contribution in [3.05, 3.63) is 18.5 Å². The van der Waals surface area contributed by atoms with Gasteiger partial charge in [0, 0.05) is 24.2 Å². The molecule has 0 spiro atoms.